The van der Waals surface area contributed by atoms with Crippen LogP contribution in [0.5, 0.6) is 0 Å². The van der Waals surface area contributed by atoms with Gasteiger partial charge < -0.3 is 15.0 Å². The third-order valence-electron chi connectivity index (χ3n) is 1.99. The van der Waals surface area contributed by atoms with Gasteiger partial charge in [-0.25, -0.2) is 0 Å². The molecule has 0 bridgehead atoms. The van der Waals surface area contributed by atoms with Gasteiger partial charge in [0.15, 0.2) is 0 Å². The van der Waals surface area contributed by atoms with Crippen LogP contribution in [0.2, 0.25) is 5.28 Å². The van der Waals surface area contributed by atoms with Gasteiger partial charge in [-0.05, 0) is 18.0 Å². The van der Waals surface area contributed by atoms with Gasteiger partial charge in [0.2, 0.25) is 17.2 Å². The summed E-state index contributed by atoms with van der Waals surface area (Å²) in [6.07, 6.45) is 2.67. The molecule has 1 rings (SSSR count). The molecule has 0 aromatic carbocycles. The zero-order chi connectivity index (χ0) is 13.4. The van der Waals surface area contributed by atoms with Crippen molar-refractivity contribution in [3.05, 3.63) is 17.9 Å². The molecule has 0 saturated carbocycles. The average molecular weight is 272 g/mol. The third kappa shape index (κ3) is 5.29. The Balaban J connectivity index is 2.39. The van der Waals surface area contributed by atoms with Gasteiger partial charge >= 0.3 is 0 Å². The zero-order valence-electron chi connectivity index (χ0n) is 10.7. The van der Waals surface area contributed by atoms with E-state index in [1.54, 1.807) is 4.90 Å². The second kappa shape index (κ2) is 7.84. The Morgan fingerprint density at radius 2 is 2.11 bits per heavy atom. The Morgan fingerprint density at radius 1 is 1.33 bits per heavy atom. The first-order valence-electron chi connectivity index (χ1n) is 5.65. The fourth-order valence-electron chi connectivity index (χ4n) is 1.12. The van der Waals surface area contributed by atoms with E-state index in [2.05, 4.69) is 26.8 Å². The zero-order valence-corrected chi connectivity index (χ0v) is 11.4. The van der Waals surface area contributed by atoms with Gasteiger partial charge in [-0.3, -0.25) is 0 Å². The van der Waals surface area contributed by atoms with E-state index in [1.165, 1.54) is 0 Å². The summed E-state index contributed by atoms with van der Waals surface area (Å²) in [7, 11) is 3.68. The summed E-state index contributed by atoms with van der Waals surface area (Å²) in [5, 5.41) is 3.20. The van der Waals surface area contributed by atoms with E-state index in [0.29, 0.717) is 31.7 Å². The number of aromatic nitrogens is 3. The Bertz CT molecular complexity index is 386. The topological polar surface area (TPSA) is 63.2 Å². The lowest BCUT2D eigenvalue weighted by Crippen LogP contribution is -2.17. The largest absolute Gasteiger partial charge is 0.379 e. The van der Waals surface area contributed by atoms with Crippen LogP contribution in [0.25, 0.3) is 0 Å². The fourth-order valence-corrected chi connectivity index (χ4v) is 1.28. The van der Waals surface area contributed by atoms with Crippen molar-refractivity contribution in [2.45, 2.75) is 6.42 Å². The predicted octanol–water partition coefficient (Wildman–Crippen LogP) is 1.60. The molecule has 100 valence electrons. The SMILES string of the molecule is C=CCCOCCNc1nc(Cl)nc(N(C)C)n1. The van der Waals surface area contributed by atoms with E-state index in [1.807, 2.05) is 20.2 Å². The average Bonchev–Trinajstić information content (AvgIpc) is 2.33. The molecule has 0 saturated heterocycles. The maximum atomic E-state index is 5.80. The molecule has 0 amide bonds. The molecular weight excluding hydrogens is 254 g/mol. The number of halogens is 1. The maximum Gasteiger partial charge on any atom is 0.230 e. The molecule has 18 heavy (non-hydrogen) atoms. The smallest absolute Gasteiger partial charge is 0.230 e. The standard InChI is InChI=1S/C11H18ClN5O/c1-4-5-7-18-8-6-13-10-14-9(12)15-11(16-10)17(2)3/h4H,1,5-8H2,2-3H3,(H,13,14,15,16). The molecule has 0 radical (unpaired) electrons. The van der Waals surface area contributed by atoms with Crippen LogP contribution in [-0.4, -0.2) is 48.8 Å². The number of hydrogen-bond donors (Lipinski definition) is 1. The van der Waals surface area contributed by atoms with E-state index >= 15 is 0 Å². The number of ether oxygens (including phenoxy) is 1. The van der Waals surface area contributed by atoms with Gasteiger partial charge in [-0.15, -0.1) is 6.58 Å². The van der Waals surface area contributed by atoms with Crippen LogP contribution >= 0.6 is 11.6 Å². The first-order valence-corrected chi connectivity index (χ1v) is 6.02. The van der Waals surface area contributed by atoms with Crippen molar-refractivity contribution in [1.29, 1.82) is 0 Å². The van der Waals surface area contributed by atoms with Crippen LogP contribution in [0, 0.1) is 0 Å². The van der Waals surface area contributed by atoms with E-state index in [-0.39, 0.29) is 5.28 Å². The van der Waals surface area contributed by atoms with Crippen LogP contribution in [0.15, 0.2) is 12.7 Å². The predicted molar refractivity (Wildman–Crippen MR) is 73.3 cm³/mol. The molecule has 0 fully saturated rings. The van der Waals surface area contributed by atoms with Crippen LogP contribution in [0.1, 0.15) is 6.42 Å². The molecule has 1 N–H and O–H groups in total. The summed E-state index contributed by atoms with van der Waals surface area (Å²) in [6, 6.07) is 0. The normalized spacial score (nSPS) is 10.2. The minimum absolute atomic E-state index is 0.170. The molecule has 1 aromatic heterocycles. The second-order valence-corrected chi connectivity index (χ2v) is 4.08. The number of hydrogen-bond acceptors (Lipinski definition) is 6. The Hall–Kier alpha value is -1.40. The van der Waals surface area contributed by atoms with Crippen molar-refractivity contribution in [3.63, 3.8) is 0 Å². The van der Waals surface area contributed by atoms with Crippen LogP contribution < -0.4 is 10.2 Å². The lowest BCUT2D eigenvalue weighted by atomic mass is 10.4. The minimum atomic E-state index is 0.170. The van der Waals surface area contributed by atoms with E-state index in [9.17, 15) is 0 Å². The highest BCUT2D eigenvalue weighted by molar-refractivity contribution is 6.28. The van der Waals surface area contributed by atoms with Gasteiger partial charge in [-0.2, -0.15) is 15.0 Å². The quantitative estimate of drug-likeness (QED) is 0.572. The van der Waals surface area contributed by atoms with Crippen molar-refractivity contribution < 1.29 is 4.74 Å². The first kappa shape index (κ1) is 14.7. The van der Waals surface area contributed by atoms with Crippen molar-refractivity contribution in [3.8, 4) is 0 Å². The summed E-state index contributed by atoms with van der Waals surface area (Å²) in [5.41, 5.74) is 0. The van der Waals surface area contributed by atoms with Gasteiger partial charge in [0.25, 0.3) is 0 Å². The second-order valence-electron chi connectivity index (χ2n) is 3.74. The summed E-state index contributed by atoms with van der Waals surface area (Å²) in [5.74, 6) is 0.969. The Kier molecular flexibility index (Phi) is 6.38. The van der Waals surface area contributed by atoms with Gasteiger partial charge in [-0.1, -0.05) is 6.08 Å². The first-order chi connectivity index (χ1) is 8.63. The highest BCUT2D eigenvalue weighted by Gasteiger charge is 2.05. The van der Waals surface area contributed by atoms with Crippen LogP contribution in [-0.2, 0) is 4.74 Å². The number of rotatable bonds is 8. The third-order valence-corrected chi connectivity index (χ3v) is 2.16. The number of nitrogens with zero attached hydrogens (tertiary/aromatic N) is 4. The monoisotopic (exact) mass is 271 g/mol. The van der Waals surface area contributed by atoms with E-state index in [0.717, 1.165) is 6.42 Å². The maximum absolute atomic E-state index is 5.80. The van der Waals surface area contributed by atoms with Crippen LogP contribution in [0.4, 0.5) is 11.9 Å². The fraction of sp³-hybridized carbons (Fsp3) is 0.545. The van der Waals surface area contributed by atoms with Gasteiger partial charge in [0, 0.05) is 20.6 Å². The summed E-state index contributed by atoms with van der Waals surface area (Å²) in [4.78, 5) is 13.9. The molecule has 1 aromatic rings. The Morgan fingerprint density at radius 3 is 2.78 bits per heavy atom. The van der Waals surface area contributed by atoms with Crippen molar-refractivity contribution in [2.75, 3.05) is 44.1 Å². The van der Waals surface area contributed by atoms with E-state index < -0.39 is 0 Å². The molecule has 0 aliphatic heterocycles. The summed E-state index contributed by atoms with van der Waals surface area (Å²) >= 11 is 5.80. The lowest BCUT2D eigenvalue weighted by molar-refractivity contribution is 0.149. The summed E-state index contributed by atoms with van der Waals surface area (Å²) < 4.78 is 5.36. The van der Waals surface area contributed by atoms with Crippen molar-refractivity contribution in [2.24, 2.45) is 0 Å². The van der Waals surface area contributed by atoms with E-state index in [4.69, 9.17) is 16.3 Å². The summed E-state index contributed by atoms with van der Waals surface area (Å²) in [6.45, 7) is 5.49. The highest BCUT2D eigenvalue weighted by atomic mass is 35.5. The van der Waals surface area contributed by atoms with Crippen LogP contribution in [0.3, 0.4) is 0 Å². The van der Waals surface area contributed by atoms with Crippen molar-refractivity contribution >= 4 is 23.5 Å². The highest BCUT2D eigenvalue weighted by Crippen LogP contribution is 2.10. The molecular formula is C11H18ClN5O. The number of anilines is 2. The molecule has 0 spiro atoms. The Labute approximate surface area is 112 Å². The molecule has 0 aliphatic rings. The molecule has 6 nitrogen and oxygen atoms in total. The molecule has 0 atom stereocenters. The number of nitrogens with one attached hydrogen (secondary N) is 1. The molecule has 0 aliphatic carbocycles. The van der Waals surface area contributed by atoms with Gasteiger partial charge in [0.05, 0.1) is 13.2 Å². The minimum Gasteiger partial charge on any atom is -0.379 e. The lowest BCUT2D eigenvalue weighted by Gasteiger charge is -2.11. The van der Waals surface area contributed by atoms with Gasteiger partial charge in [0.1, 0.15) is 0 Å². The molecule has 0 unspecified atom stereocenters. The molecule has 1 heterocycles. The van der Waals surface area contributed by atoms with Crippen molar-refractivity contribution in [1.82, 2.24) is 15.0 Å². The molecule has 7 heteroatoms.